The molecule has 0 aliphatic heterocycles. The van der Waals surface area contributed by atoms with E-state index in [1.54, 1.807) is 0 Å². The fourth-order valence-electron chi connectivity index (χ4n) is 0.787. The van der Waals surface area contributed by atoms with Crippen LogP contribution in [0.4, 0.5) is 8.78 Å². The van der Waals surface area contributed by atoms with Crippen molar-refractivity contribution in [2.45, 2.75) is 19.0 Å². The van der Waals surface area contributed by atoms with Gasteiger partial charge >= 0.3 is 5.92 Å². The number of aliphatic hydroxyl groups is 1. The third kappa shape index (κ3) is 2.22. The van der Waals surface area contributed by atoms with Crippen molar-refractivity contribution in [3.63, 3.8) is 0 Å². The van der Waals surface area contributed by atoms with Gasteiger partial charge in [-0.15, -0.1) is 0 Å². The summed E-state index contributed by atoms with van der Waals surface area (Å²) in [7, 11) is 0. The van der Waals surface area contributed by atoms with E-state index < -0.39 is 17.7 Å². The van der Waals surface area contributed by atoms with Crippen LogP contribution in [0.15, 0.2) is 22.8 Å². The third-order valence-corrected chi connectivity index (χ3v) is 2.06. The van der Waals surface area contributed by atoms with Crippen LogP contribution in [0.5, 0.6) is 0 Å². The quantitative estimate of drug-likeness (QED) is 0.876. The van der Waals surface area contributed by atoms with Crippen molar-refractivity contribution in [2.24, 2.45) is 0 Å². The lowest BCUT2D eigenvalue weighted by atomic mass is 10.1. The Morgan fingerprint density at radius 2 is 2.15 bits per heavy atom. The van der Waals surface area contributed by atoms with Gasteiger partial charge in [-0.05, 0) is 35.0 Å². The van der Waals surface area contributed by atoms with E-state index in [0.29, 0.717) is 4.47 Å². The van der Waals surface area contributed by atoms with Crippen LogP contribution in [0, 0.1) is 0 Å². The standard InChI is InChI=1S/C8H8BrF2NO/c1-5(13)8(10,11)7-3-2-6(9)4-12-7/h2-5,13H,1H3. The van der Waals surface area contributed by atoms with E-state index in [-0.39, 0.29) is 0 Å². The van der Waals surface area contributed by atoms with Gasteiger partial charge in [0.2, 0.25) is 0 Å². The molecule has 0 spiro atoms. The van der Waals surface area contributed by atoms with E-state index in [1.807, 2.05) is 0 Å². The summed E-state index contributed by atoms with van der Waals surface area (Å²) >= 11 is 3.08. The van der Waals surface area contributed by atoms with Gasteiger partial charge in [-0.1, -0.05) is 0 Å². The molecular weight excluding hydrogens is 244 g/mol. The number of aromatic nitrogens is 1. The molecule has 13 heavy (non-hydrogen) atoms. The molecule has 0 fully saturated rings. The monoisotopic (exact) mass is 251 g/mol. The summed E-state index contributed by atoms with van der Waals surface area (Å²) in [4.78, 5) is 3.51. The molecule has 0 amide bonds. The minimum atomic E-state index is -3.29. The molecule has 72 valence electrons. The van der Waals surface area contributed by atoms with E-state index in [4.69, 9.17) is 5.11 Å². The van der Waals surface area contributed by atoms with E-state index >= 15 is 0 Å². The molecule has 0 aliphatic rings. The predicted octanol–water partition coefficient (Wildman–Crippen LogP) is 2.32. The highest BCUT2D eigenvalue weighted by atomic mass is 79.9. The average Bonchev–Trinajstić information content (AvgIpc) is 2.04. The van der Waals surface area contributed by atoms with Crippen molar-refractivity contribution in [3.8, 4) is 0 Å². The summed E-state index contributed by atoms with van der Waals surface area (Å²) in [5.41, 5.74) is -0.425. The highest BCUT2D eigenvalue weighted by Gasteiger charge is 2.38. The largest absolute Gasteiger partial charge is 0.387 e. The van der Waals surface area contributed by atoms with E-state index in [0.717, 1.165) is 6.92 Å². The first-order valence-electron chi connectivity index (χ1n) is 3.62. The fraction of sp³-hybridized carbons (Fsp3) is 0.375. The maximum Gasteiger partial charge on any atom is 0.314 e. The van der Waals surface area contributed by atoms with Gasteiger partial charge in [-0.3, -0.25) is 4.98 Å². The topological polar surface area (TPSA) is 33.1 Å². The van der Waals surface area contributed by atoms with Gasteiger partial charge in [0.1, 0.15) is 11.8 Å². The summed E-state index contributed by atoms with van der Waals surface area (Å²) in [6.07, 6.45) is -0.466. The van der Waals surface area contributed by atoms with E-state index in [2.05, 4.69) is 20.9 Å². The molecule has 0 aliphatic carbocycles. The molecule has 1 aromatic rings. The molecular formula is C8H8BrF2NO. The Morgan fingerprint density at radius 3 is 2.54 bits per heavy atom. The highest BCUT2D eigenvalue weighted by molar-refractivity contribution is 9.10. The van der Waals surface area contributed by atoms with Gasteiger partial charge in [-0.25, -0.2) is 0 Å². The normalized spacial score (nSPS) is 14.2. The Kier molecular flexibility index (Phi) is 2.98. The van der Waals surface area contributed by atoms with Crippen LogP contribution in [0.3, 0.4) is 0 Å². The number of halogens is 3. The second kappa shape index (κ2) is 3.67. The summed E-state index contributed by atoms with van der Waals surface area (Å²) in [6, 6.07) is 2.63. The molecule has 0 saturated carbocycles. The van der Waals surface area contributed by atoms with Crippen molar-refractivity contribution in [2.75, 3.05) is 0 Å². The molecule has 1 N–H and O–H groups in total. The molecule has 1 rings (SSSR count). The number of pyridine rings is 1. The Morgan fingerprint density at radius 1 is 1.54 bits per heavy atom. The number of rotatable bonds is 2. The van der Waals surface area contributed by atoms with Crippen LogP contribution in [0.25, 0.3) is 0 Å². The molecule has 0 saturated heterocycles. The maximum absolute atomic E-state index is 13.1. The molecule has 1 unspecified atom stereocenters. The molecule has 2 nitrogen and oxygen atoms in total. The predicted molar refractivity (Wildman–Crippen MR) is 47.5 cm³/mol. The van der Waals surface area contributed by atoms with Crippen molar-refractivity contribution < 1.29 is 13.9 Å². The Hall–Kier alpha value is -0.550. The van der Waals surface area contributed by atoms with Gasteiger partial charge in [0.05, 0.1) is 0 Å². The molecule has 1 aromatic heterocycles. The number of hydrogen-bond acceptors (Lipinski definition) is 2. The highest BCUT2D eigenvalue weighted by Crippen LogP contribution is 2.30. The van der Waals surface area contributed by atoms with Crippen molar-refractivity contribution in [3.05, 3.63) is 28.5 Å². The summed E-state index contributed by atoms with van der Waals surface area (Å²) in [6.45, 7) is 1.03. The first kappa shape index (κ1) is 10.5. The number of nitrogens with zero attached hydrogens (tertiary/aromatic N) is 1. The zero-order valence-corrected chi connectivity index (χ0v) is 8.42. The number of alkyl halides is 2. The smallest absolute Gasteiger partial charge is 0.314 e. The number of aliphatic hydroxyl groups excluding tert-OH is 1. The van der Waals surface area contributed by atoms with Crippen LogP contribution in [-0.4, -0.2) is 16.2 Å². The van der Waals surface area contributed by atoms with E-state index in [9.17, 15) is 8.78 Å². The number of hydrogen-bond donors (Lipinski definition) is 1. The fourth-order valence-corrected chi connectivity index (χ4v) is 1.02. The zero-order valence-electron chi connectivity index (χ0n) is 6.84. The van der Waals surface area contributed by atoms with Crippen molar-refractivity contribution in [1.29, 1.82) is 0 Å². The van der Waals surface area contributed by atoms with Crippen molar-refractivity contribution in [1.82, 2.24) is 4.98 Å². The van der Waals surface area contributed by atoms with Gasteiger partial charge < -0.3 is 5.11 Å². The lowest BCUT2D eigenvalue weighted by Gasteiger charge is -2.18. The minimum Gasteiger partial charge on any atom is -0.387 e. The molecule has 0 radical (unpaired) electrons. The second-order valence-electron chi connectivity index (χ2n) is 2.66. The van der Waals surface area contributed by atoms with Crippen LogP contribution < -0.4 is 0 Å². The molecule has 1 atom stereocenters. The first-order chi connectivity index (χ1) is 5.94. The Labute approximate surface area is 82.7 Å². The van der Waals surface area contributed by atoms with Crippen LogP contribution in [-0.2, 0) is 5.92 Å². The third-order valence-electron chi connectivity index (χ3n) is 1.59. The van der Waals surface area contributed by atoms with Gasteiger partial charge in [0.25, 0.3) is 0 Å². The minimum absolute atomic E-state index is 0.425. The van der Waals surface area contributed by atoms with Crippen LogP contribution >= 0.6 is 15.9 Å². The van der Waals surface area contributed by atoms with Gasteiger partial charge in [-0.2, -0.15) is 8.78 Å². The van der Waals surface area contributed by atoms with E-state index in [1.165, 1.54) is 18.3 Å². The average molecular weight is 252 g/mol. The zero-order chi connectivity index (χ0) is 10.1. The summed E-state index contributed by atoms with van der Waals surface area (Å²) < 4.78 is 26.8. The molecule has 0 bridgehead atoms. The lowest BCUT2D eigenvalue weighted by molar-refractivity contribution is -0.109. The van der Waals surface area contributed by atoms with Crippen molar-refractivity contribution >= 4 is 15.9 Å². The van der Waals surface area contributed by atoms with Gasteiger partial charge in [0, 0.05) is 10.7 Å². The Bertz CT molecular complexity index is 287. The first-order valence-corrected chi connectivity index (χ1v) is 4.42. The van der Waals surface area contributed by atoms with Crippen LogP contribution in [0.2, 0.25) is 0 Å². The van der Waals surface area contributed by atoms with Gasteiger partial charge in [0.15, 0.2) is 0 Å². The molecule has 5 heteroatoms. The molecule has 0 aromatic carbocycles. The SMILES string of the molecule is CC(O)C(F)(F)c1ccc(Br)cn1. The summed E-state index contributed by atoms with van der Waals surface area (Å²) in [5.74, 6) is -3.29. The lowest BCUT2D eigenvalue weighted by Crippen LogP contribution is -2.28. The second-order valence-corrected chi connectivity index (χ2v) is 3.58. The Balaban J connectivity index is 3.01. The maximum atomic E-state index is 13.1. The summed E-state index contributed by atoms with van der Waals surface area (Å²) in [5, 5.41) is 8.80. The van der Waals surface area contributed by atoms with Crippen LogP contribution in [0.1, 0.15) is 12.6 Å². The molecule has 1 heterocycles.